The van der Waals surface area contributed by atoms with E-state index in [0.29, 0.717) is 24.3 Å². The average molecular weight is 637 g/mol. The van der Waals surface area contributed by atoms with Gasteiger partial charge < -0.3 is 15.2 Å². The largest absolute Gasteiger partial charge is 0.384 e. The highest BCUT2D eigenvalue weighted by Gasteiger charge is 2.26. The van der Waals surface area contributed by atoms with E-state index in [2.05, 4.69) is 47.6 Å². The molecule has 0 spiro atoms. The fraction of sp³-hybridized carbons (Fsp3) is 0.297. The van der Waals surface area contributed by atoms with Crippen LogP contribution in [0.15, 0.2) is 108 Å². The van der Waals surface area contributed by atoms with Crippen LogP contribution in [-0.2, 0) is 35.8 Å². The quantitative estimate of drug-likeness (QED) is 0.0980. The van der Waals surface area contributed by atoms with Crippen LogP contribution in [0.4, 0.5) is 5.69 Å². The molecule has 5 aromatic rings. The Morgan fingerprint density at radius 1 is 0.804 bits per heavy atom. The van der Waals surface area contributed by atoms with Gasteiger partial charge in [0.25, 0.3) is 10.0 Å². The van der Waals surface area contributed by atoms with Crippen molar-refractivity contribution in [3.8, 4) is 0 Å². The van der Waals surface area contributed by atoms with E-state index in [1.807, 2.05) is 54.6 Å². The van der Waals surface area contributed by atoms with Gasteiger partial charge in [-0.05, 0) is 73.8 Å². The van der Waals surface area contributed by atoms with Gasteiger partial charge in [-0.3, -0.25) is 9.71 Å². The van der Waals surface area contributed by atoms with Crippen LogP contribution < -0.4 is 10.0 Å². The Balaban J connectivity index is 1.48. The molecule has 0 aliphatic carbocycles. The van der Waals surface area contributed by atoms with Crippen molar-refractivity contribution in [3.05, 3.63) is 126 Å². The Hall–Kier alpha value is -4.47. The standard InChI is InChI=1S/C37H44N6O2S/c1-3-41(4-2)26-27-43(46(44,45)33-15-9-6-10-16-33)32-22-23-35-34(28-32)40-36(24-19-30-17-20-31(21-18-30)37(38)39)42(35)25-11-14-29-12-7-5-8-13-29/h5-10,12-13,15-18,20-23,28H,3-4,11,14,19,24-27H2,1-2H3,(H3,38,39). The van der Waals surface area contributed by atoms with Crippen LogP contribution >= 0.6 is 0 Å². The molecule has 0 saturated carbocycles. The topological polar surface area (TPSA) is 108 Å². The number of imidazole rings is 1. The molecule has 8 nitrogen and oxygen atoms in total. The van der Waals surface area contributed by atoms with Gasteiger partial charge in [-0.1, -0.05) is 86.6 Å². The lowest BCUT2D eigenvalue weighted by Gasteiger charge is -2.27. The zero-order chi connectivity index (χ0) is 32.5. The number of fused-ring (bicyclic) bond motifs is 1. The van der Waals surface area contributed by atoms with E-state index in [1.54, 1.807) is 24.3 Å². The first-order valence-corrected chi connectivity index (χ1v) is 17.5. The van der Waals surface area contributed by atoms with Crippen LogP contribution in [0.3, 0.4) is 0 Å². The normalized spacial score (nSPS) is 11.7. The van der Waals surface area contributed by atoms with Crippen molar-refractivity contribution < 1.29 is 8.42 Å². The van der Waals surface area contributed by atoms with Crippen molar-refractivity contribution in [2.24, 2.45) is 5.73 Å². The number of aryl methyl sites for hydroxylation is 4. The zero-order valence-electron chi connectivity index (χ0n) is 26.8. The number of likely N-dealkylation sites (N-methyl/N-ethyl adjacent to an activating group) is 1. The number of hydrogen-bond acceptors (Lipinski definition) is 5. The Morgan fingerprint density at radius 2 is 1.46 bits per heavy atom. The van der Waals surface area contributed by atoms with Gasteiger partial charge in [0, 0.05) is 31.6 Å². The summed E-state index contributed by atoms with van der Waals surface area (Å²) in [4.78, 5) is 7.61. The molecule has 0 aliphatic rings. The minimum atomic E-state index is -3.79. The van der Waals surface area contributed by atoms with E-state index in [0.717, 1.165) is 67.7 Å². The molecule has 0 bridgehead atoms. The molecule has 3 N–H and O–H groups in total. The summed E-state index contributed by atoms with van der Waals surface area (Å²) in [5.41, 5.74) is 11.2. The molecule has 0 atom stereocenters. The Kier molecular flexibility index (Phi) is 10.9. The van der Waals surface area contributed by atoms with Crippen molar-refractivity contribution in [1.82, 2.24) is 14.5 Å². The van der Waals surface area contributed by atoms with E-state index in [9.17, 15) is 8.42 Å². The van der Waals surface area contributed by atoms with Gasteiger partial charge in [0.2, 0.25) is 0 Å². The third kappa shape index (κ3) is 7.84. The number of benzene rings is 4. The molecule has 0 unspecified atom stereocenters. The number of nitrogen functional groups attached to an aromatic ring is 1. The predicted molar refractivity (Wildman–Crippen MR) is 188 cm³/mol. The number of nitrogens with two attached hydrogens (primary N) is 1. The summed E-state index contributed by atoms with van der Waals surface area (Å²) in [6.07, 6.45) is 3.42. The lowest BCUT2D eigenvalue weighted by molar-refractivity contribution is 0.313. The highest BCUT2D eigenvalue weighted by atomic mass is 32.2. The maximum absolute atomic E-state index is 14.0. The smallest absolute Gasteiger partial charge is 0.264 e. The van der Waals surface area contributed by atoms with Crippen molar-refractivity contribution in [2.75, 3.05) is 30.5 Å². The van der Waals surface area contributed by atoms with Crippen molar-refractivity contribution in [3.63, 3.8) is 0 Å². The monoisotopic (exact) mass is 636 g/mol. The second-order valence-corrected chi connectivity index (χ2v) is 13.3. The molecule has 4 aromatic carbocycles. The third-order valence-electron chi connectivity index (χ3n) is 8.54. The molecule has 0 radical (unpaired) electrons. The van der Waals surface area contributed by atoms with E-state index in [1.165, 1.54) is 9.87 Å². The van der Waals surface area contributed by atoms with Crippen LogP contribution in [0.1, 0.15) is 42.8 Å². The number of nitrogens with one attached hydrogen (secondary N) is 1. The number of amidine groups is 1. The molecule has 1 aromatic heterocycles. The highest BCUT2D eigenvalue weighted by molar-refractivity contribution is 7.92. The molecule has 0 aliphatic heterocycles. The number of hydrogen-bond donors (Lipinski definition) is 2. The van der Waals surface area contributed by atoms with Gasteiger partial charge in [0.1, 0.15) is 11.7 Å². The van der Waals surface area contributed by atoms with E-state index in [-0.39, 0.29) is 10.7 Å². The maximum atomic E-state index is 14.0. The van der Waals surface area contributed by atoms with Crippen LogP contribution in [0, 0.1) is 5.41 Å². The van der Waals surface area contributed by atoms with E-state index < -0.39 is 10.0 Å². The summed E-state index contributed by atoms with van der Waals surface area (Å²) in [6.45, 7) is 7.65. The Bertz CT molecular complexity index is 1830. The number of aromatic nitrogens is 2. The average Bonchev–Trinajstić information content (AvgIpc) is 3.43. The first kappa shape index (κ1) is 32.9. The fourth-order valence-electron chi connectivity index (χ4n) is 5.84. The maximum Gasteiger partial charge on any atom is 0.264 e. The van der Waals surface area contributed by atoms with Gasteiger partial charge in [0.15, 0.2) is 0 Å². The van der Waals surface area contributed by atoms with Gasteiger partial charge in [-0.25, -0.2) is 13.4 Å². The molecular formula is C37H44N6O2S. The van der Waals surface area contributed by atoms with Crippen LogP contribution in [-0.4, -0.2) is 54.9 Å². The Labute approximate surface area is 273 Å². The SMILES string of the molecule is CCN(CC)CCN(c1ccc2c(c1)nc(CCc1ccc(C(=N)N)cc1)n2CCCc1ccccc1)S(=O)(=O)c1ccccc1. The highest BCUT2D eigenvalue weighted by Crippen LogP contribution is 2.29. The molecule has 240 valence electrons. The predicted octanol–water partition coefficient (Wildman–Crippen LogP) is 6.28. The molecule has 1 heterocycles. The number of nitrogens with zero attached hydrogens (tertiary/aromatic N) is 4. The number of rotatable bonds is 16. The minimum Gasteiger partial charge on any atom is -0.384 e. The molecule has 9 heteroatoms. The number of sulfonamides is 1. The van der Waals surface area contributed by atoms with Crippen LogP contribution in [0.2, 0.25) is 0 Å². The molecule has 0 fully saturated rings. The summed E-state index contributed by atoms with van der Waals surface area (Å²) >= 11 is 0. The number of anilines is 1. The first-order valence-electron chi connectivity index (χ1n) is 16.1. The van der Waals surface area contributed by atoms with Crippen molar-refractivity contribution in [1.29, 1.82) is 5.41 Å². The van der Waals surface area contributed by atoms with Gasteiger partial charge in [-0.2, -0.15) is 0 Å². The summed E-state index contributed by atoms with van der Waals surface area (Å²) in [6, 6.07) is 32.8. The minimum absolute atomic E-state index is 0.0583. The molecule has 0 saturated heterocycles. The van der Waals surface area contributed by atoms with E-state index >= 15 is 0 Å². The fourth-order valence-corrected chi connectivity index (χ4v) is 7.31. The molecular weight excluding hydrogens is 593 g/mol. The lowest BCUT2D eigenvalue weighted by Crippen LogP contribution is -2.38. The van der Waals surface area contributed by atoms with Crippen molar-refractivity contribution >= 4 is 32.6 Å². The van der Waals surface area contributed by atoms with Gasteiger partial charge in [-0.15, -0.1) is 0 Å². The lowest BCUT2D eigenvalue weighted by atomic mass is 10.1. The first-order chi connectivity index (χ1) is 22.3. The van der Waals surface area contributed by atoms with Crippen LogP contribution in [0.5, 0.6) is 0 Å². The summed E-state index contributed by atoms with van der Waals surface area (Å²) < 4.78 is 31.8. The second-order valence-electron chi connectivity index (χ2n) is 11.5. The van der Waals surface area contributed by atoms with Gasteiger partial charge >= 0.3 is 0 Å². The van der Waals surface area contributed by atoms with E-state index in [4.69, 9.17) is 16.1 Å². The Morgan fingerprint density at radius 3 is 2.11 bits per heavy atom. The van der Waals surface area contributed by atoms with Gasteiger partial charge in [0.05, 0.1) is 21.6 Å². The molecule has 5 rings (SSSR count). The zero-order valence-corrected chi connectivity index (χ0v) is 27.6. The molecule has 46 heavy (non-hydrogen) atoms. The molecule has 0 amide bonds. The summed E-state index contributed by atoms with van der Waals surface area (Å²) in [5.74, 6) is 1.03. The second kappa shape index (κ2) is 15.2. The van der Waals surface area contributed by atoms with Crippen LogP contribution in [0.25, 0.3) is 11.0 Å². The summed E-state index contributed by atoms with van der Waals surface area (Å²) in [7, 11) is -3.79. The third-order valence-corrected chi connectivity index (χ3v) is 10.4. The summed E-state index contributed by atoms with van der Waals surface area (Å²) in [5, 5.41) is 7.68. The van der Waals surface area contributed by atoms with Crippen molar-refractivity contribution in [2.45, 2.75) is 51.0 Å².